The monoisotopic (exact) mass is 310 g/mol. The number of aliphatic carboxylic acids is 1. The lowest BCUT2D eigenvalue weighted by molar-refractivity contribution is -0.129. The number of hydrazone groups is 1. The number of carboxylic acids is 1. The van der Waals surface area contributed by atoms with Gasteiger partial charge >= 0.3 is 5.97 Å². The van der Waals surface area contributed by atoms with E-state index >= 15 is 0 Å². The highest BCUT2D eigenvalue weighted by Gasteiger charge is 2.13. The summed E-state index contributed by atoms with van der Waals surface area (Å²) in [5.74, 6) is -0.124. The molecule has 3 aromatic rings. The number of H-pyrrole nitrogens is 1. The minimum absolute atomic E-state index is 0.117. The van der Waals surface area contributed by atoms with Gasteiger partial charge in [0.2, 0.25) is 5.95 Å². The molecule has 0 bridgehead atoms. The smallest absolute Gasteiger partial charge is 0.356 e. The molecule has 0 spiro atoms. The van der Waals surface area contributed by atoms with Crippen molar-refractivity contribution >= 4 is 28.7 Å². The largest absolute Gasteiger partial charge is 0.497 e. The van der Waals surface area contributed by atoms with Crippen molar-refractivity contribution in [3.05, 3.63) is 54.1 Å². The molecule has 0 aliphatic carbocycles. The van der Waals surface area contributed by atoms with Crippen LogP contribution in [0.5, 0.6) is 5.75 Å². The Bertz CT molecular complexity index is 835. The van der Waals surface area contributed by atoms with E-state index in [9.17, 15) is 9.90 Å². The van der Waals surface area contributed by atoms with Crippen molar-refractivity contribution in [1.29, 1.82) is 0 Å². The van der Waals surface area contributed by atoms with Crippen molar-refractivity contribution in [1.82, 2.24) is 9.97 Å². The first kappa shape index (κ1) is 14.6. The maximum atomic E-state index is 11.4. The summed E-state index contributed by atoms with van der Waals surface area (Å²) in [5.41, 5.74) is 4.60. The number of aromatic nitrogens is 2. The molecule has 0 amide bonds. The van der Waals surface area contributed by atoms with Gasteiger partial charge < -0.3 is 14.8 Å². The van der Waals surface area contributed by atoms with E-state index in [0.717, 1.165) is 11.0 Å². The minimum atomic E-state index is -1.14. The molecule has 7 nitrogen and oxygen atoms in total. The van der Waals surface area contributed by atoms with Gasteiger partial charge in [0.05, 0.1) is 18.1 Å². The number of nitrogens with one attached hydrogen (secondary N) is 2. The minimum Gasteiger partial charge on any atom is -0.497 e. The van der Waals surface area contributed by atoms with Gasteiger partial charge in [0.1, 0.15) is 5.75 Å². The summed E-state index contributed by atoms with van der Waals surface area (Å²) in [6, 6.07) is 14.1. The zero-order valence-corrected chi connectivity index (χ0v) is 12.3. The van der Waals surface area contributed by atoms with Crippen molar-refractivity contribution in [2.24, 2.45) is 5.10 Å². The Morgan fingerprint density at radius 3 is 2.61 bits per heavy atom. The first-order chi connectivity index (χ1) is 11.2. The molecule has 0 aliphatic rings. The highest BCUT2D eigenvalue weighted by atomic mass is 16.5. The first-order valence-electron chi connectivity index (χ1n) is 6.83. The summed E-state index contributed by atoms with van der Waals surface area (Å²) in [4.78, 5) is 18.7. The van der Waals surface area contributed by atoms with Crippen LogP contribution in [0.4, 0.5) is 5.95 Å². The second-order valence-electron chi connectivity index (χ2n) is 4.71. The number of benzene rings is 2. The number of hydrogen-bond acceptors (Lipinski definition) is 5. The van der Waals surface area contributed by atoms with Crippen LogP contribution in [0.15, 0.2) is 53.6 Å². The van der Waals surface area contributed by atoms with Crippen molar-refractivity contribution in [2.75, 3.05) is 12.5 Å². The van der Waals surface area contributed by atoms with Gasteiger partial charge in [0.25, 0.3) is 0 Å². The number of carboxylic acid groups (broad SMARTS) is 1. The zero-order chi connectivity index (χ0) is 16.2. The summed E-state index contributed by atoms with van der Waals surface area (Å²) in [7, 11) is 1.55. The number of carbonyl (C=O) groups is 1. The summed E-state index contributed by atoms with van der Waals surface area (Å²) in [6.07, 6.45) is 0. The van der Waals surface area contributed by atoms with Crippen LogP contribution in [0, 0.1) is 0 Å². The van der Waals surface area contributed by atoms with E-state index in [0.29, 0.717) is 17.3 Å². The van der Waals surface area contributed by atoms with Crippen molar-refractivity contribution < 1.29 is 14.6 Å². The highest BCUT2D eigenvalue weighted by molar-refractivity contribution is 6.42. The normalized spacial score (nSPS) is 11.4. The van der Waals surface area contributed by atoms with Gasteiger partial charge in [-0.3, -0.25) is 0 Å². The fraction of sp³-hybridized carbons (Fsp3) is 0.0625. The van der Waals surface area contributed by atoms with Gasteiger partial charge in [-0.1, -0.05) is 12.1 Å². The predicted molar refractivity (Wildman–Crippen MR) is 86.9 cm³/mol. The maximum absolute atomic E-state index is 11.4. The Morgan fingerprint density at radius 1 is 1.22 bits per heavy atom. The van der Waals surface area contributed by atoms with Crippen LogP contribution < -0.4 is 10.2 Å². The molecule has 0 saturated heterocycles. The number of fused-ring (bicyclic) bond motifs is 1. The lowest BCUT2D eigenvalue weighted by atomic mass is 10.1. The van der Waals surface area contributed by atoms with Crippen LogP contribution in [0.1, 0.15) is 5.56 Å². The second kappa shape index (κ2) is 6.18. The fourth-order valence-corrected chi connectivity index (χ4v) is 2.10. The molecule has 3 N–H and O–H groups in total. The Kier molecular flexibility index (Phi) is 3.92. The molecule has 23 heavy (non-hydrogen) atoms. The molecule has 1 heterocycles. The number of rotatable bonds is 5. The van der Waals surface area contributed by atoms with E-state index < -0.39 is 5.97 Å². The van der Waals surface area contributed by atoms with E-state index in [4.69, 9.17) is 4.74 Å². The summed E-state index contributed by atoms with van der Waals surface area (Å²) in [6.45, 7) is 0. The van der Waals surface area contributed by atoms with E-state index in [2.05, 4.69) is 20.5 Å². The molecule has 3 rings (SSSR count). The first-order valence-corrected chi connectivity index (χ1v) is 6.83. The molecule has 0 saturated carbocycles. The summed E-state index contributed by atoms with van der Waals surface area (Å²) >= 11 is 0. The summed E-state index contributed by atoms with van der Waals surface area (Å²) in [5, 5.41) is 13.3. The molecular formula is C16H14N4O3. The summed E-state index contributed by atoms with van der Waals surface area (Å²) < 4.78 is 5.05. The quantitative estimate of drug-likeness (QED) is 0.496. The van der Waals surface area contributed by atoms with E-state index in [-0.39, 0.29) is 5.71 Å². The SMILES string of the molecule is COc1ccc(/C(=N/Nc2nc3ccccc3[nH]2)C(=O)O)cc1. The molecular weight excluding hydrogens is 296 g/mol. The van der Waals surface area contributed by atoms with Gasteiger partial charge in [-0.25, -0.2) is 15.2 Å². The third kappa shape index (κ3) is 3.13. The average molecular weight is 310 g/mol. The molecule has 1 aromatic heterocycles. The van der Waals surface area contributed by atoms with Crippen LogP contribution in [-0.2, 0) is 4.79 Å². The maximum Gasteiger partial charge on any atom is 0.356 e. The van der Waals surface area contributed by atoms with Crippen molar-refractivity contribution in [3.63, 3.8) is 0 Å². The molecule has 0 radical (unpaired) electrons. The third-order valence-corrected chi connectivity index (χ3v) is 3.23. The van der Waals surface area contributed by atoms with Crippen LogP contribution >= 0.6 is 0 Å². The third-order valence-electron chi connectivity index (χ3n) is 3.23. The molecule has 7 heteroatoms. The number of aromatic amines is 1. The van der Waals surface area contributed by atoms with E-state index in [1.54, 1.807) is 31.4 Å². The molecule has 2 aromatic carbocycles. The van der Waals surface area contributed by atoms with Crippen molar-refractivity contribution in [2.45, 2.75) is 0 Å². The van der Waals surface area contributed by atoms with Crippen molar-refractivity contribution in [3.8, 4) is 5.75 Å². The molecule has 0 unspecified atom stereocenters. The molecule has 0 aliphatic heterocycles. The van der Waals surface area contributed by atoms with Gasteiger partial charge in [-0.15, -0.1) is 0 Å². The fourth-order valence-electron chi connectivity index (χ4n) is 2.10. The highest BCUT2D eigenvalue weighted by Crippen LogP contribution is 2.15. The molecule has 0 atom stereocenters. The van der Waals surface area contributed by atoms with Gasteiger partial charge in [0, 0.05) is 5.56 Å². The Morgan fingerprint density at radius 2 is 1.96 bits per heavy atom. The molecule has 116 valence electrons. The number of imidazole rings is 1. The topological polar surface area (TPSA) is 99.6 Å². The predicted octanol–water partition coefficient (Wildman–Crippen LogP) is 2.47. The Balaban J connectivity index is 1.87. The lowest BCUT2D eigenvalue weighted by Gasteiger charge is -2.04. The van der Waals surface area contributed by atoms with E-state index in [1.165, 1.54) is 0 Å². The second-order valence-corrected chi connectivity index (χ2v) is 4.71. The lowest BCUT2D eigenvalue weighted by Crippen LogP contribution is -2.16. The van der Waals surface area contributed by atoms with Crippen LogP contribution in [0.25, 0.3) is 11.0 Å². The van der Waals surface area contributed by atoms with Crippen LogP contribution in [-0.4, -0.2) is 33.9 Å². The number of para-hydroxylation sites is 2. The van der Waals surface area contributed by atoms with Gasteiger partial charge in [-0.2, -0.15) is 5.10 Å². The van der Waals surface area contributed by atoms with Gasteiger partial charge in [0.15, 0.2) is 5.71 Å². The van der Waals surface area contributed by atoms with Gasteiger partial charge in [-0.05, 0) is 36.4 Å². The number of ether oxygens (including phenoxy) is 1. The van der Waals surface area contributed by atoms with Crippen LogP contribution in [0.3, 0.4) is 0 Å². The average Bonchev–Trinajstić information content (AvgIpc) is 2.98. The Labute approximate surface area is 131 Å². The number of methoxy groups -OCH3 is 1. The standard InChI is InChI=1S/C16H14N4O3/c1-23-11-8-6-10(7-9-11)14(15(21)22)19-20-16-17-12-4-2-3-5-13(12)18-16/h2-9H,1H3,(H,21,22)(H2,17,18,20)/b19-14-. The Hall–Kier alpha value is -3.35. The molecule has 0 fully saturated rings. The number of hydrogen-bond donors (Lipinski definition) is 3. The van der Waals surface area contributed by atoms with Crippen LogP contribution in [0.2, 0.25) is 0 Å². The number of nitrogens with zero attached hydrogens (tertiary/aromatic N) is 2. The van der Waals surface area contributed by atoms with E-state index in [1.807, 2.05) is 24.3 Å². The zero-order valence-electron chi connectivity index (χ0n) is 12.3. The number of anilines is 1.